The summed E-state index contributed by atoms with van der Waals surface area (Å²) in [7, 11) is 1.86. The molecule has 0 fully saturated rings. The maximum atomic E-state index is 10.7. The number of rotatable bonds is 4. The first-order chi connectivity index (χ1) is 8.97. The first kappa shape index (κ1) is 13.5. The number of non-ortho nitro benzene ring substituents is 1. The molecular formula is C12H13BrN4O2. The number of nitro benzene ring substituents is 1. The molecular weight excluding hydrogens is 312 g/mol. The van der Waals surface area contributed by atoms with E-state index in [0.717, 1.165) is 15.7 Å². The fraction of sp³-hybridized carbons (Fsp3) is 0.250. The third-order valence-corrected chi connectivity index (χ3v) is 3.44. The minimum Gasteiger partial charge on any atom is -0.380 e. The molecule has 0 aliphatic rings. The molecule has 1 heterocycles. The number of nitro groups is 1. The van der Waals surface area contributed by atoms with Crippen LogP contribution in [0.25, 0.3) is 0 Å². The molecule has 2 rings (SSSR count). The zero-order chi connectivity index (χ0) is 14.0. The lowest BCUT2D eigenvalue weighted by Gasteiger charge is -2.07. The number of aromatic nitrogens is 2. The highest BCUT2D eigenvalue weighted by molar-refractivity contribution is 9.10. The predicted molar refractivity (Wildman–Crippen MR) is 76.1 cm³/mol. The van der Waals surface area contributed by atoms with Crippen molar-refractivity contribution in [2.24, 2.45) is 7.05 Å². The first-order valence-corrected chi connectivity index (χ1v) is 6.43. The Morgan fingerprint density at radius 1 is 1.53 bits per heavy atom. The average Bonchev–Trinajstić information content (AvgIpc) is 2.66. The number of hydrogen-bond acceptors (Lipinski definition) is 4. The summed E-state index contributed by atoms with van der Waals surface area (Å²) in [5.41, 5.74) is 2.75. The number of halogens is 1. The van der Waals surface area contributed by atoms with Crippen LogP contribution in [-0.4, -0.2) is 14.7 Å². The van der Waals surface area contributed by atoms with Gasteiger partial charge in [0.2, 0.25) is 0 Å². The average molecular weight is 325 g/mol. The minimum atomic E-state index is -0.410. The molecule has 0 saturated heterocycles. The molecule has 19 heavy (non-hydrogen) atoms. The number of anilines is 1. The van der Waals surface area contributed by atoms with E-state index in [9.17, 15) is 10.1 Å². The zero-order valence-electron chi connectivity index (χ0n) is 10.6. The summed E-state index contributed by atoms with van der Waals surface area (Å²) in [6.07, 6.45) is 1.92. The number of nitrogens with one attached hydrogen (secondary N) is 1. The van der Waals surface area contributed by atoms with Crippen LogP contribution in [0.1, 0.15) is 11.3 Å². The van der Waals surface area contributed by atoms with Gasteiger partial charge in [-0.25, -0.2) is 0 Å². The SMILES string of the molecule is Cc1nn(C)cc1CNc1cc([N+](=O)[O-])ccc1Br. The minimum absolute atomic E-state index is 0.0635. The second-order valence-corrected chi connectivity index (χ2v) is 5.04. The maximum absolute atomic E-state index is 10.7. The van der Waals surface area contributed by atoms with Gasteiger partial charge in [0.15, 0.2) is 0 Å². The highest BCUT2D eigenvalue weighted by Gasteiger charge is 2.10. The fourth-order valence-electron chi connectivity index (χ4n) is 1.77. The first-order valence-electron chi connectivity index (χ1n) is 5.64. The van der Waals surface area contributed by atoms with Crippen LogP contribution in [0.4, 0.5) is 11.4 Å². The van der Waals surface area contributed by atoms with Crippen LogP contribution >= 0.6 is 15.9 Å². The zero-order valence-corrected chi connectivity index (χ0v) is 12.1. The summed E-state index contributed by atoms with van der Waals surface area (Å²) in [5, 5.41) is 18.2. The summed E-state index contributed by atoms with van der Waals surface area (Å²) in [6.45, 7) is 2.50. The van der Waals surface area contributed by atoms with Crippen molar-refractivity contribution < 1.29 is 4.92 Å². The Labute approximate surface area is 118 Å². The third kappa shape index (κ3) is 3.11. The van der Waals surface area contributed by atoms with E-state index < -0.39 is 4.92 Å². The topological polar surface area (TPSA) is 73.0 Å². The lowest BCUT2D eigenvalue weighted by atomic mass is 10.2. The van der Waals surface area contributed by atoms with E-state index in [1.807, 2.05) is 20.2 Å². The summed E-state index contributed by atoms with van der Waals surface area (Å²) in [4.78, 5) is 10.3. The number of nitrogens with zero attached hydrogens (tertiary/aromatic N) is 3. The van der Waals surface area contributed by atoms with E-state index in [4.69, 9.17) is 0 Å². The smallest absolute Gasteiger partial charge is 0.271 e. The second-order valence-electron chi connectivity index (χ2n) is 4.19. The van der Waals surface area contributed by atoms with E-state index >= 15 is 0 Å². The van der Waals surface area contributed by atoms with Gasteiger partial charge >= 0.3 is 0 Å². The van der Waals surface area contributed by atoms with Crippen molar-refractivity contribution in [3.63, 3.8) is 0 Å². The number of benzene rings is 1. The van der Waals surface area contributed by atoms with Crippen LogP contribution in [0.15, 0.2) is 28.9 Å². The van der Waals surface area contributed by atoms with Crippen molar-refractivity contribution in [2.75, 3.05) is 5.32 Å². The number of hydrogen-bond donors (Lipinski definition) is 1. The lowest BCUT2D eigenvalue weighted by Crippen LogP contribution is -2.01. The molecule has 0 radical (unpaired) electrons. The molecule has 100 valence electrons. The highest BCUT2D eigenvalue weighted by atomic mass is 79.9. The van der Waals surface area contributed by atoms with E-state index in [1.165, 1.54) is 12.1 Å². The van der Waals surface area contributed by atoms with Gasteiger partial charge < -0.3 is 5.32 Å². The van der Waals surface area contributed by atoms with Crippen LogP contribution in [0.2, 0.25) is 0 Å². The van der Waals surface area contributed by atoms with Crippen molar-refractivity contribution in [2.45, 2.75) is 13.5 Å². The normalized spacial score (nSPS) is 10.5. The van der Waals surface area contributed by atoms with Crippen LogP contribution in [0.5, 0.6) is 0 Å². The Hall–Kier alpha value is -1.89. The van der Waals surface area contributed by atoms with Crippen molar-refractivity contribution in [1.82, 2.24) is 9.78 Å². The van der Waals surface area contributed by atoms with Crippen molar-refractivity contribution in [1.29, 1.82) is 0 Å². The monoisotopic (exact) mass is 324 g/mol. The molecule has 0 amide bonds. The van der Waals surface area contributed by atoms with Gasteiger partial charge in [-0.05, 0) is 28.9 Å². The van der Waals surface area contributed by atoms with Gasteiger partial charge in [-0.1, -0.05) is 0 Å². The molecule has 1 aromatic heterocycles. The molecule has 2 aromatic rings. The number of aryl methyl sites for hydroxylation is 2. The fourth-order valence-corrected chi connectivity index (χ4v) is 2.16. The van der Waals surface area contributed by atoms with Gasteiger partial charge in [-0.3, -0.25) is 14.8 Å². The van der Waals surface area contributed by atoms with Crippen LogP contribution in [0.3, 0.4) is 0 Å². The lowest BCUT2D eigenvalue weighted by molar-refractivity contribution is -0.384. The van der Waals surface area contributed by atoms with E-state index in [-0.39, 0.29) is 5.69 Å². The largest absolute Gasteiger partial charge is 0.380 e. The van der Waals surface area contributed by atoms with E-state index in [2.05, 4.69) is 26.3 Å². The summed E-state index contributed by atoms with van der Waals surface area (Å²) < 4.78 is 2.54. The molecule has 0 unspecified atom stereocenters. The van der Waals surface area contributed by atoms with Gasteiger partial charge in [-0.15, -0.1) is 0 Å². The Balaban J connectivity index is 2.17. The maximum Gasteiger partial charge on any atom is 0.271 e. The molecule has 0 saturated carbocycles. The van der Waals surface area contributed by atoms with Gasteiger partial charge in [0, 0.05) is 42.0 Å². The van der Waals surface area contributed by atoms with Crippen molar-refractivity contribution in [3.8, 4) is 0 Å². The standard InChI is InChI=1S/C12H13BrN4O2/c1-8-9(7-16(2)15-8)6-14-12-5-10(17(18)19)3-4-11(12)13/h3-5,7,14H,6H2,1-2H3. The van der Waals surface area contributed by atoms with Crippen LogP contribution in [-0.2, 0) is 13.6 Å². The molecule has 0 aliphatic heterocycles. The molecule has 1 aromatic carbocycles. The van der Waals surface area contributed by atoms with Gasteiger partial charge in [-0.2, -0.15) is 5.10 Å². The van der Waals surface area contributed by atoms with E-state index in [1.54, 1.807) is 10.7 Å². The molecule has 0 spiro atoms. The molecule has 1 N–H and O–H groups in total. The van der Waals surface area contributed by atoms with Crippen molar-refractivity contribution in [3.05, 3.63) is 50.2 Å². The second kappa shape index (κ2) is 5.40. The molecule has 7 heteroatoms. The molecule has 0 bridgehead atoms. The van der Waals surface area contributed by atoms with Crippen LogP contribution < -0.4 is 5.32 Å². The van der Waals surface area contributed by atoms with Crippen LogP contribution in [0, 0.1) is 17.0 Å². The van der Waals surface area contributed by atoms with E-state index in [0.29, 0.717) is 12.2 Å². The molecule has 0 aliphatic carbocycles. The van der Waals surface area contributed by atoms with Gasteiger partial charge in [0.25, 0.3) is 5.69 Å². The summed E-state index contributed by atoms with van der Waals surface area (Å²) >= 11 is 3.37. The molecule has 0 atom stereocenters. The summed E-state index contributed by atoms with van der Waals surface area (Å²) in [6, 6.07) is 4.64. The highest BCUT2D eigenvalue weighted by Crippen LogP contribution is 2.27. The van der Waals surface area contributed by atoms with Gasteiger partial charge in [0.05, 0.1) is 16.3 Å². The quantitative estimate of drug-likeness (QED) is 0.693. The van der Waals surface area contributed by atoms with Crippen molar-refractivity contribution >= 4 is 27.3 Å². The Morgan fingerprint density at radius 3 is 2.84 bits per heavy atom. The summed E-state index contributed by atoms with van der Waals surface area (Å²) in [5.74, 6) is 0. The Kier molecular flexibility index (Phi) is 3.84. The molecule has 6 nitrogen and oxygen atoms in total. The van der Waals surface area contributed by atoms with Gasteiger partial charge in [0.1, 0.15) is 0 Å². The third-order valence-electron chi connectivity index (χ3n) is 2.75. The Morgan fingerprint density at radius 2 is 2.26 bits per heavy atom. The predicted octanol–water partition coefficient (Wildman–Crippen LogP) is 3.01. The Bertz CT molecular complexity index is 624.